The molecule has 2 amide bonds. The number of nitrogens with zero attached hydrogens (tertiary/aromatic N) is 5. The fourth-order valence-corrected chi connectivity index (χ4v) is 3.78. The van der Waals surface area contributed by atoms with Crippen molar-refractivity contribution in [2.45, 2.75) is 25.4 Å². The first-order valence-electron chi connectivity index (χ1n) is 9.14. The van der Waals surface area contributed by atoms with Crippen LogP contribution in [0.3, 0.4) is 0 Å². The molecule has 0 bridgehead atoms. The van der Waals surface area contributed by atoms with E-state index in [1.807, 2.05) is 17.2 Å². The van der Waals surface area contributed by atoms with Gasteiger partial charge in [0.25, 0.3) is 0 Å². The van der Waals surface area contributed by atoms with Crippen molar-refractivity contribution in [3.63, 3.8) is 0 Å². The van der Waals surface area contributed by atoms with Gasteiger partial charge in [-0.3, -0.25) is 0 Å². The summed E-state index contributed by atoms with van der Waals surface area (Å²) in [7, 11) is 0. The number of benzene rings is 1. The van der Waals surface area contributed by atoms with Crippen molar-refractivity contribution in [3.05, 3.63) is 47.8 Å². The lowest BCUT2D eigenvalue weighted by Gasteiger charge is -2.37. The van der Waals surface area contributed by atoms with Crippen LogP contribution in [0.5, 0.6) is 0 Å². The summed E-state index contributed by atoms with van der Waals surface area (Å²) in [6, 6.07) is 6.62. The molecule has 8 heteroatoms. The molecular formula is C19H21FN6O. The van der Waals surface area contributed by atoms with Crippen LogP contribution in [-0.2, 0) is 13.0 Å². The summed E-state index contributed by atoms with van der Waals surface area (Å²) in [5, 5.41) is 12.3. The maximum atomic E-state index is 13.8. The van der Waals surface area contributed by atoms with Gasteiger partial charge in [0.2, 0.25) is 0 Å². The summed E-state index contributed by atoms with van der Waals surface area (Å²) in [6.07, 6.45) is 5.40. The fraction of sp³-hybridized carbons (Fsp3) is 0.421. The van der Waals surface area contributed by atoms with Gasteiger partial charge in [0.05, 0.1) is 5.69 Å². The smallest absolute Gasteiger partial charge is 0.317 e. The van der Waals surface area contributed by atoms with Gasteiger partial charge in [0.1, 0.15) is 23.3 Å². The lowest BCUT2D eigenvalue weighted by molar-refractivity contribution is 0.187. The number of amides is 2. The van der Waals surface area contributed by atoms with Gasteiger partial charge in [-0.1, -0.05) is 6.07 Å². The summed E-state index contributed by atoms with van der Waals surface area (Å²) < 4.78 is 15.9. The first kappa shape index (κ1) is 17.3. The van der Waals surface area contributed by atoms with E-state index in [1.165, 1.54) is 6.07 Å². The Morgan fingerprint density at radius 2 is 2.07 bits per heavy atom. The highest BCUT2D eigenvalue weighted by Crippen LogP contribution is 2.23. The van der Waals surface area contributed by atoms with Gasteiger partial charge in [-0.2, -0.15) is 5.26 Å². The number of imidazole rings is 1. The van der Waals surface area contributed by atoms with Crippen molar-refractivity contribution in [3.8, 4) is 6.07 Å². The lowest BCUT2D eigenvalue weighted by atomic mass is 10.1. The van der Waals surface area contributed by atoms with E-state index >= 15 is 0 Å². The normalized spacial score (nSPS) is 19.3. The summed E-state index contributed by atoms with van der Waals surface area (Å²) in [4.78, 5) is 20.7. The second-order valence-electron chi connectivity index (χ2n) is 6.90. The molecule has 1 saturated heterocycles. The third-order valence-corrected chi connectivity index (χ3v) is 5.29. The average molecular weight is 368 g/mol. The fourth-order valence-electron chi connectivity index (χ4n) is 3.78. The van der Waals surface area contributed by atoms with E-state index in [4.69, 9.17) is 0 Å². The van der Waals surface area contributed by atoms with Gasteiger partial charge in [-0.15, -0.1) is 0 Å². The van der Waals surface area contributed by atoms with Crippen LogP contribution in [0.1, 0.15) is 17.8 Å². The zero-order valence-electron chi connectivity index (χ0n) is 14.9. The monoisotopic (exact) mass is 368 g/mol. The number of aryl methyl sites for hydroxylation is 1. The van der Waals surface area contributed by atoms with Gasteiger partial charge in [-0.05, 0) is 18.6 Å². The Kier molecular flexibility index (Phi) is 4.67. The zero-order valence-corrected chi connectivity index (χ0v) is 14.9. The van der Waals surface area contributed by atoms with Gasteiger partial charge in [0, 0.05) is 57.6 Å². The second kappa shape index (κ2) is 7.27. The Morgan fingerprint density at radius 1 is 1.26 bits per heavy atom. The van der Waals surface area contributed by atoms with Crippen molar-refractivity contribution in [2.75, 3.05) is 31.1 Å². The van der Waals surface area contributed by atoms with Crippen LogP contribution < -0.4 is 10.2 Å². The maximum Gasteiger partial charge on any atom is 0.317 e. The lowest BCUT2D eigenvalue weighted by Crippen LogP contribution is -2.54. The Bertz CT molecular complexity index is 881. The van der Waals surface area contributed by atoms with Gasteiger partial charge in [0.15, 0.2) is 0 Å². The average Bonchev–Trinajstić information content (AvgIpc) is 3.15. The number of carbonyl (C=O) groups is 1. The van der Waals surface area contributed by atoms with Crippen molar-refractivity contribution < 1.29 is 9.18 Å². The molecular weight excluding hydrogens is 347 g/mol. The Balaban J connectivity index is 1.34. The number of piperazine rings is 1. The minimum Gasteiger partial charge on any atom is -0.367 e. The molecule has 0 radical (unpaired) electrons. The molecule has 1 fully saturated rings. The van der Waals surface area contributed by atoms with Gasteiger partial charge in [-0.25, -0.2) is 14.2 Å². The molecule has 1 N–H and O–H groups in total. The molecule has 27 heavy (non-hydrogen) atoms. The summed E-state index contributed by atoms with van der Waals surface area (Å²) in [5.41, 5.74) is 0.657. The molecule has 0 saturated carbocycles. The Hall–Kier alpha value is -3.08. The molecule has 2 aliphatic rings. The van der Waals surface area contributed by atoms with Crippen molar-refractivity contribution in [1.82, 2.24) is 19.8 Å². The van der Waals surface area contributed by atoms with Crippen LogP contribution in [0.25, 0.3) is 0 Å². The number of aromatic nitrogens is 2. The van der Waals surface area contributed by atoms with Crippen LogP contribution in [0.15, 0.2) is 30.6 Å². The minimum absolute atomic E-state index is 0.0631. The molecule has 1 atom stereocenters. The summed E-state index contributed by atoms with van der Waals surface area (Å²) in [6.45, 7) is 3.08. The highest BCUT2D eigenvalue weighted by atomic mass is 19.1. The molecule has 0 spiro atoms. The van der Waals surface area contributed by atoms with Crippen LogP contribution in [0.2, 0.25) is 0 Å². The predicted octanol–water partition coefficient (Wildman–Crippen LogP) is 1.74. The van der Waals surface area contributed by atoms with E-state index in [2.05, 4.69) is 14.9 Å². The van der Waals surface area contributed by atoms with Crippen LogP contribution in [0.4, 0.5) is 14.9 Å². The van der Waals surface area contributed by atoms with Crippen LogP contribution in [-0.4, -0.2) is 52.7 Å². The van der Waals surface area contributed by atoms with Crippen molar-refractivity contribution in [1.29, 1.82) is 5.26 Å². The topological polar surface area (TPSA) is 77.2 Å². The highest BCUT2D eigenvalue weighted by Gasteiger charge is 2.26. The van der Waals surface area contributed by atoms with E-state index in [0.717, 1.165) is 25.2 Å². The largest absolute Gasteiger partial charge is 0.367 e. The number of fused-ring (bicyclic) bond motifs is 1. The van der Waals surface area contributed by atoms with Crippen molar-refractivity contribution in [2.24, 2.45) is 0 Å². The molecule has 2 aromatic rings. The molecule has 1 aromatic carbocycles. The van der Waals surface area contributed by atoms with Crippen LogP contribution in [0, 0.1) is 17.1 Å². The molecule has 3 heterocycles. The molecule has 7 nitrogen and oxygen atoms in total. The highest BCUT2D eigenvalue weighted by molar-refractivity contribution is 5.75. The number of halogens is 1. The Morgan fingerprint density at radius 3 is 2.85 bits per heavy atom. The van der Waals surface area contributed by atoms with E-state index < -0.39 is 5.82 Å². The van der Waals surface area contributed by atoms with Crippen molar-refractivity contribution >= 4 is 11.7 Å². The Labute approximate surface area is 157 Å². The summed E-state index contributed by atoms with van der Waals surface area (Å²) in [5.74, 6) is 0.498. The predicted molar refractivity (Wildman–Crippen MR) is 97.8 cm³/mol. The quantitative estimate of drug-likeness (QED) is 0.876. The van der Waals surface area contributed by atoms with Crippen LogP contribution >= 0.6 is 0 Å². The number of anilines is 1. The molecule has 140 valence electrons. The maximum absolute atomic E-state index is 13.8. The molecule has 2 aliphatic heterocycles. The summed E-state index contributed by atoms with van der Waals surface area (Å²) >= 11 is 0. The van der Waals surface area contributed by atoms with E-state index in [-0.39, 0.29) is 17.6 Å². The second-order valence-corrected chi connectivity index (χ2v) is 6.90. The van der Waals surface area contributed by atoms with E-state index in [1.54, 1.807) is 23.2 Å². The van der Waals surface area contributed by atoms with Gasteiger partial charge >= 0.3 is 6.03 Å². The molecule has 4 rings (SSSR count). The number of urea groups is 1. The standard InChI is InChI=1S/C19H21FN6O/c20-16-2-1-3-17(15(16)13-21)24-8-10-26(11-9-24)19(27)23-14-4-6-25-7-5-22-18(25)12-14/h1-3,5,7,14H,4,6,8-12H2,(H,23,27). The first-order chi connectivity index (χ1) is 13.2. The molecule has 1 unspecified atom stereocenters. The number of rotatable bonds is 2. The third kappa shape index (κ3) is 3.45. The van der Waals surface area contributed by atoms with E-state index in [0.29, 0.717) is 31.9 Å². The molecule has 1 aromatic heterocycles. The minimum atomic E-state index is -0.508. The number of carbonyl (C=O) groups excluding carboxylic acids is 1. The molecule has 0 aliphatic carbocycles. The number of hydrogen-bond acceptors (Lipinski definition) is 4. The number of nitriles is 1. The number of hydrogen-bond donors (Lipinski definition) is 1. The number of nitrogens with one attached hydrogen (secondary N) is 1. The first-order valence-corrected chi connectivity index (χ1v) is 9.14. The van der Waals surface area contributed by atoms with E-state index in [9.17, 15) is 14.4 Å². The zero-order chi connectivity index (χ0) is 18.8. The SMILES string of the molecule is N#Cc1c(F)cccc1N1CCN(C(=O)NC2CCn3ccnc3C2)CC1. The third-order valence-electron chi connectivity index (χ3n) is 5.29. The van der Waals surface area contributed by atoms with Gasteiger partial charge < -0.3 is 19.7 Å².